The summed E-state index contributed by atoms with van der Waals surface area (Å²) in [6.45, 7) is 2.79. The van der Waals surface area contributed by atoms with Gasteiger partial charge in [0.1, 0.15) is 5.82 Å². The Labute approximate surface area is 95.9 Å². The number of imidazole rings is 1. The van der Waals surface area contributed by atoms with Crippen LogP contribution in [0.3, 0.4) is 0 Å². The van der Waals surface area contributed by atoms with Crippen LogP contribution in [0.2, 0.25) is 0 Å². The lowest BCUT2D eigenvalue weighted by atomic mass is 9.95. The largest absolute Gasteiger partial charge is 0.334 e. The summed E-state index contributed by atoms with van der Waals surface area (Å²) in [4.78, 5) is 4.39. The van der Waals surface area contributed by atoms with Gasteiger partial charge in [0.25, 0.3) is 0 Å². The van der Waals surface area contributed by atoms with Crippen molar-refractivity contribution in [3.63, 3.8) is 0 Å². The maximum atomic E-state index is 5.74. The van der Waals surface area contributed by atoms with E-state index in [1.54, 1.807) is 0 Å². The molecule has 16 heavy (non-hydrogen) atoms. The van der Waals surface area contributed by atoms with Crippen molar-refractivity contribution >= 4 is 0 Å². The monoisotopic (exact) mass is 215 g/mol. The first-order chi connectivity index (χ1) is 7.74. The summed E-state index contributed by atoms with van der Waals surface area (Å²) in [5, 5.41) is 0. The van der Waals surface area contributed by atoms with E-state index in [4.69, 9.17) is 5.73 Å². The molecule has 0 aliphatic heterocycles. The van der Waals surface area contributed by atoms with Crippen LogP contribution in [-0.2, 0) is 7.05 Å². The van der Waals surface area contributed by atoms with Gasteiger partial charge in [0.15, 0.2) is 0 Å². The second-order valence-corrected chi connectivity index (χ2v) is 4.09. The number of nitrogens with zero attached hydrogens (tertiary/aromatic N) is 2. The van der Waals surface area contributed by atoms with Gasteiger partial charge < -0.3 is 10.3 Å². The van der Waals surface area contributed by atoms with Crippen molar-refractivity contribution in [3.8, 4) is 11.4 Å². The van der Waals surface area contributed by atoms with Gasteiger partial charge in [-0.05, 0) is 18.0 Å². The average Bonchev–Trinajstić information content (AvgIpc) is 2.74. The first-order valence-electron chi connectivity index (χ1n) is 5.50. The van der Waals surface area contributed by atoms with Gasteiger partial charge in [-0.1, -0.05) is 31.2 Å². The summed E-state index contributed by atoms with van der Waals surface area (Å²) in [7, 11) is 2.01. The third kappa shape index (κ3) is 1.86. The van der Waals surface area contributed by atoms with Crippen LogP contribution in [0.1, 0.15) is 18.4 Å². The van der Waals surface area contributed by atoms with Crippen LogP contribution in [0.4, 0.5) is 0 Å². The third-order valence-corrected chi connectivity index (χ3v) is 2.91. The van der Waals surface area contributed by atoms with E-state index in [2.05, 4.69) is 24.0 Å². The minimum absolute atomic E-state index is 0.355. The molecule has 0 saturated carbocycles. The highest BCUT2D eigenvalue weighted by Crippen LogP contribution is 2.27. The molecule has 1 aromatic heterocycles. The Morgan fingerprint density at radius 1 is 1.38 bits per heavy atom. The van der Waals surface area contributed by atoms with E-state index in [9.17, 15) is 0 Å². The normalized spacial score (nSPS) is 12.7. The summed E-state index contributed by atoms with van der Waals surface area (Å²) >= 11 is 0. The fourth-order valence-electron chi connectivity index (χ4n) is 1.88. The highest BCUT2D eigenvalue weighted by Gasteiger charge is 2.12. The quantitative estimate of drug-likeness (QED) is 0.852. The van der Waals surface area contributed by atoms with Crippen molar-refractivity contribution in [3.05, 3.63) is 42.2 Å². The molecular formula is C13H17N3. The lowest BCUT2D eigenvalue weighted by Gasteiger charge is -2.14. The van der Waals surface area contributed by atoms with Crippen LogP contribution in [0, 0.1) is 0 Å². The number of benzene rings is 1. The van der Waals surface area contributed by atoms with Crippen molar-refractivity contribution in [1.29, 1.82) is 0 Å². The predicted octanol–water partition coefficient (Wildman–Crippen LogP) is 2.15. The molecule has 0 spiro atoms. The Balaban J connectivity index is 2.53. The molecule has 1 heterocycles. The fourth-order valence-corrected chi connectivity index (χ4v) is 1.88. The first-order valence-corrected chi connectivity index (χ1v) is 5.50. The lowest BCUT2D eigenvalue weighted by Crippen LogP contribution is -2.10. The van der Waals surface area contributed by atoms with Gasteiger partial charge in [-0.15, -0.1) is 0 Å². The highest BCUT2D eigenvalue weighted by atomic mass is 15.0. The van der Waals surface area contributed by atoms with Crippen LogP contribution in [-0.4, -0.2) is 16.1 Å². The second kappa shape index (κ2) is 4.49. The van der Waals surface area contributed by atoms with Crippen LogP contribution >= 0.6 is 0 Å². The van der Waals surface area contributed by atoms with E-state index in [0.717, 1.165) is 5.82 Å². The summed E-state index contributed by atoms with van der Waals surface area (Å²) < 4.78 is 2.03. The van der Waals surface area contributed by atoms with Gasteiger partial charge in [0.2, 0.25) is 0 Å². The van der Waals surface area contributed by atoms with E-state index in [0.29, 0.717) is 12.5 Å². The van der Waals surface area contributed by atoms with Gasteiger partial charge in [0.05, 0.1) is 0 Å². The fraction of sp³-hybridized carbons (Fsp3) is 0.308. The van der Waals surface area contributed by atoms with Gasteiger partial charge in [-0.3, -0.25) is 0 Å². The minimum atomic E-state index is 0.355. The molecule has 3 nitrogen and oxygen atoms in total. The first kappa shape index (κ1) is 10.9. The molecule has 0 saturated heterocycles. The molecule has 2 rings (SSSR count). The van der Waals surface area contributed by atoms with Crippen LogP contribution < -0.4 is 5.73 Å². The number of aryl methyl sites for hydroxylation is 1. The SMILES string of the molecule is CC(CN)c1ccccc1-c1nccn1C. The smallest absolute Gasteiger partial charge is 0.139 e. The number of hydrogen-bond donors (Lipinski definition) is 1. The third-order valence-electron chi connectivity index (χ3n) is 2.91. The molecule has 3 heteroatoms. The second-order valence-electron chi connectivity index (χ2n) is 4.09. The Hall–Kier alpha value is -1.61. The molecule has 0 fully saturated rings. The van der Waals surface area contributed by atoms with Crippen molar-refractivity contribution in [2.75, 3.05) is 6.54 Å². The van der Waals surface area contributed by atoms with Crippen molar-refractivity contribution in [2.45, 2.75) is 12.8 Å². The van der Waals surface area contributed by atoms with Crippen molar-refractivity contribution in [2.24, 2.45) is 12.8 Å². The van der Waals surface area contributed by atoms with Crippen LogP contribution in [0.25, 0.3) is 11.4 Å². The van der Waals surface area contributed by atoms with E-state index < -0.39 is 0 Å². The van der Waals surface area contributed by atoms with Gasteiger partial charge in [-0.2, -0.15) is 0 Å². The molecule has 0 radical (unpaired) electrons. The lowest BCUT2D eigenvalue weighted by molar-refractivity contribution is 0.773. The Bertz CT molecular complexity index is 474. The zero-order valence-electron chi connectivity index (χ0n) is 9.72. The molecule has 1 atom stereocenters. The maximum absolute atomic E-state index is 5.74. The van der Waals surface area contributed by atoms with Crippen molar-refractivity contribution in [1.82, 2.24) is 9.55 Å². The van der Waals surface area contributed by atoms with Crippen LogP contribution in [0.15, 0.2) is 36.7 Å². The number of rotatable bonds is 3. The minimum Gasteiger partial charge on any atom is -0.334 e. The molecule has 0 amide bonds. The average molecular weight is 215 g/mol. The van der Waals surface area contributed by atoms with E-state index >= 15 is 0 Å². The summed E-state index contributed by atoms with van der Waals surface area (Å²) in [5.41, 5.74) is 8.17. The molecule has 1 unspecified atom stereocenters. The molecule has 2 aromatic rings. The summed E-state index contributed by atoms with van der Waals surface area (Å²) in [6, 6.07) is 8.32. The van der Waals surface area contributed by atoms with Gasteiger partial charge in [0, 0.05) is 25.0 Å². The van der Waals surface area contributed by atoms with Gasteiger partial charge >= 0.3 is 0 Å². The standard InChI is InChI=1S/C13H17N3/c1-10(9-14)11-5-3-4-6-12(11)13-15-7-8-16(13)2/h3-8,10H,9,14H2,1-2H3. The van der Waals surface area contributed by atoms with E-state index in [1.807, 2.05) is 36.1 Å². The Morgan fingerprint density at radius 2 is 2.12 bits per heavy atom. The molecular weight excluding hydrogens is 198 g/mol. The Morgan fingerprint density at radius 3 is 2.75 bits per heavy atom. The molecule has 84 valence electrons. The number of hydrogen-bond acceptors (Lipinski definition) is 2. The Kier molecular flexibility index (Phi) is 3.06. The zero-order chi connectivity index (χ0) is 11.5. The zero-order valence-corrected chi connectivity index (χ0v) is 9.72. The molecule has 1 aromatic carbocycles. The van der Waals surface area contributed by atoms with Crippen LogP contribution in [0.5, 0.6) is 0 Å². The van der Waals surface area contributed by atoms with E-state index in [-0.39, 0.29) is 0 Å². The van der Waals surface area contributed by atoms with Gasteiger partial charge in [-0.25, -0.2) is 4.98 Å². The molecule has 0 bridgehead atoms. The molecule has 2 N–H and O–H groups in total. The maximum Gasteiger partial charge on any atom is 0.139 e. The topological polar surface area (TPSA) is 43.8 Å². The molecule has 0 aliphatic carbocycles. The summed E-state index contributed by atoms with van der Waals surface area (Å²) in [5.74, 6) is 1.35. The summed E-state index contributed by atoms with van der Waals surface area (Å²) in [6.07, 6.45) is 3.78. The number of nitrogens with two attached hydrogens (primary N) is 1. The predicted molar refractivity (Wildman–Crippen MR) is 66.1 cm³/mol. The molecule has 0 aliphatic rings. The highest BCUT2D eigenvalue weighted by molar-refractivity contribution is 5.61. The van der Waals surface area contributed by atoms with Crippen molar-refractivity contribution < 1.29 is 0 Å². The van der Waals surface area contributed by atoms with E-state index in [1.165, 1.54) is 11.1 Å². The number of aromatic nitrogens is 2.